The molecule has 0 radical (unpaired) electrons. The van der Waals surface area contributed by atoms with Gasteiger partial charge in [-0.1, -0.05) is 20.8 Å². The summed E-state index contributed by atoms with van der Waals surface area (Å²) in [6.45, 7) is 9.52. The van der Waals surface area contributed by atoms with E-state index in [9.17, 15) is 9.59 Å². The van der Waals surface area contributed by atoms with Crippen LogP contribution in [0.5, 0.6) is 5.75 Å². The normalized spacial score (nSPS) is 16.1. The number of hydrogen-bond donors (Lipinski definition) is 0. The first-order valence-electron chi connectivity index (χ1n) is 8.46. The Balaban J connectivity index is 1.82. The van der Waals surface area contributed by atoms with Crippen molar-refractivity contribution in [2.24, 2.45) is 5.41 Å². The molecular weight excluding hydrogens is 304 g/mol. The number of piperazine rings is 1. The molecule has 1 aromatic carbocycles. The zero-order valence-electron chi connectivity index (χ0n) is 15.2. The van der Waals surface area contributed by atoms with Crippen LogP contribution in [0.2, 0.25) is 0 Å². The first-order chi connectivity index (χ1) is 11.3. The molecule has 0 aromatic heterocycles. The van der Waals surface area contributed by atoms with E-state index in [4.69, 9.17) is 4.74 Å². The number of hydrogen-bond acceptors (Lipinski definition) is 4. The van der Waals surface area contributed by atoms with Crippen molar-refractivity contribution in [3.8, 4) is 5.75 Å². The molecule has 1 fully saturated rings. The van der Waals surface area contributed by atoms with E-state index >= 15 is 0 Å². The Hall–Kier alpha value is -1.88. The molecule has 1 aliphatic heterocycles. The second kappa shape index (κ2) is 7.79. The lowest BCUT2D eigenvalue weighted by Crippen LogP contribution is -2.50. The van der Waals surface area contributed by atoms with Crippen LogP contribution in [-0.2, 0) is 4.79 Å². The standard InChI is InChI=1S/C19H28N2O3/c1-19(2,3)13-18(23)21-11-9-20(10-12-21)14-17(22)15-5-7-16(24-4)8-6-15/h5-8H,9-14H2,1-4H3. The van der Waals surface area contributed by atoms with Gasteiger partial charge in [-0.05, 0) is 29.7 Å². The number of methoxy groups -OCH3 is 1. The molecule has 0 spiro atoms. The summed E-state index contributed by atoms with van der Waals surface area (Å²) < 4.78 is 5.11. The van der Waals surface area contributed by atoms with Crippen LogP contribution in [0.1, 0.15) is 37.6 Å². The fourth-order valence-corrected chi connectivity index (χ4v) is 2.79. The molecule has 24 heavy (non-hydrogen) atoms. The van der Waals surface area contributed by atoms with Crippen molar-refractivity contribution in [1.29, 1.82) is 0 Å². The van der Waals surface area contributed by atoms with Gasteiger partial charge in [0.2, 0.25) is 5.91 Å². The van der Waals surface area contributed by atoms with Crippen LogP contribution in [0.25, 0.3) is 0 Å². The molecule has 0 unspecified atom stereocenters. The number of Topliss-reactive ketones (excluding diaryl/α,β-unsaturated/α-hetero) is 1. The lowest BCUT2D eigenvalue weighted by atomic mass is 9.91. The molecule has 1 aromatic rings. The zero-order valence-corrected chi connectivity index (χ0v) is 15.2. The summed E-state index contributed by atoms with van der Waals surface area (Å²) in [6.07, 6.45) is 0.567. The van der Waals surface area contributed by atoms with E-state index in [0.717, 1.165) is 18.8 Å². The first-order valence-corrected chi connectivity index (χ1v) is 8.46. The van der Waals surface area contributed by atoms with Gasteiger partial charge >= 0.3 is 0 Å². The lowest BCUT2D eigenvalue weighted by Gasteiger charge is -2.35. The maximum absolute atomic E-state index is 12.4. The van der Waals surface area contributed by atoms with E-state index in [1.54, 1.807) is 31.4 Å². The second-order valence-corrected chi connectivity index (χ2v) is 7.55. The Morgan fingerprint density at radius 3 is 2.12 bits per heavy atom. The van der Waals surface area contributed by atoms with E-state index in [2.05, 4.69) is 25.7 Å². The third-order valence-corrected chi connectivity index (χ3v) is 4.19. The molecule has 0 aliphatic carbocycles. The molecular formula is C19H28N2O3. The van der Waals surface area contributed by atoms with Crippen LogP contribution >= 0.6 is 0 Å². The maximum Gasteiger partial charge on any atom is 0.223 e. The molecule has 0 bridgehead atoms. The van der Waals surface area contributed by atoms with Gasteiger partial charge in [-0.3, -0.25) is 14.5 Å². The fourth-order valence-electron chi connectivity index (χ4n) is 2.79. The van der Waals surface area contributed by atoms with E-state index in [1.165, 1.54) is 0 Å². The van der Waals surface area contributed by atoms with Crippen LogP contribution in [0.4, 0.5) is 0 Å². The van der Waals surface area contributed by atoms with Crippen molar-refractivity contribution < 1.29 is 14.3 Å². The minimum Gasteiger partial charge on any atom is -0.497 e. The average Bonchev–Trinajstić information content (AvgIpc) is 2.54. The largest absolute Gasteiger partial charge is 0.497 e. The maximum atomic E-state index is 12.4. The van der Waals surface area contributed by atoms with Crippen LogP contribution in [0, 0.1) is 5.41 Å². The molecule has 1 aliphatic rings. The van der Waals surface area contributed by atoms with Crippen molar-refractivity contribution in [3.63, 3.8) is 0 Å². The Morgan fingerprint density at radius 2 is 1.62 bits per heavy atom. The first kappa shape index (κ1) is 18.5. The predicted octanol–water partition coefficient (Wildman–Crippen LogP) is 2.46. The average molecular weight is 332 g/mol. The highest BCUT2D eigenvalue weighted by Gasteiger charge is 2.25. The van der Waals surface area contributed by atoms with Crippen LogP contribution in [0.3, 0.4) is 0 Å². The molecule has 5 heteroatoms. The number of nitrogens with zero attached hydrogens (tertiary/aromatic N) is 2. The number of carbonyl (C=O) groups excluding carboxylic acids is 2. The zero-order chi connectivity index (χ0) is 17.7. The number of carbonyl (C=O) groups is 2. The van der Waals surface area contributed by atoms with E-state index in [1.807, 2.05) is 4.90 Å². The number of amides is 1. The van der Waals surface area contributed by atoms with Crippen LogP contribution < -0.4 is 4.74 Å². The predicted molar refractivity (Wildman–Crippen MR) is 94.4 cm³/mol. The number of benzene rings is 1. The summed E-state index contributed by atoms with van der Waals surface area (Å²) in [5, 5.41) is 0. The van der Waals surface area contributed by atoms with Gasteiger partial charge in [-0.2, -0.15) is 0 Å². The summed E-state index contributed by atoms with van der Waals surface area (Å²) in [4.78, 5) is 28.6. The van der Waals surface area contributed by atoms with Crippen molar-refractivity contribution in [2.45, 2.75) is 27.2 Å². The van der Waals surface area contributed by atoms with Crippen molar-refractivity contribution in [1.82, 2.24) is 9.80 Å². The highest BCUT2D eigenvalue weighted by atomic mass is 16.5. The molecule has 132 valence electrons. The molecule has 1 saturated heterocycles. The van der Waals surface area contributed by atoms with E-state index < -0.39 is 0 Å². The topological polar surface area (TPSA) is 49.9 Å². The summed E-state index contributed by atoms with van der Waals surface area (Å²) in [6, 6.07) is 7.20. The Kier molecular flexibility index (Phi) is 5.99. The van der Waals surface area contributed by atoms with Crippen molar-refractivity contribution >= 4 is 11.7 Å². The van der Waals surface area contributed by atoms with Crippen LogP contribution in [0.15, 0.2) is 24.3 Å². The minimum atomic E-state index is 0.0124. The molecule has 0 atom stereocenters. The van der Waals surface area contributed by atoms with Gasteiger partial charge in [-0.15, -0.1) is 0 Å². The molecule has 1 amide bonds. The molecule has 0 N–H and O–H groups in total. The SMILES string of the molecule is COc1ccc(C(=O)CN2CCN(C(=O)CC(C)(C)C)CC2)cc1. The van der Waals surface area contributed by atoms with Gasteiger partial charge in [0.25, 0.3) is 0 Å². The summed E-state index contributed by atoms with van der Waals surface area (Å²) >= 11 is 0. The molecule has 1 heterocycles. The summed E-state index contributed by atoms with van der Waals surface area (Å²) in [5.74, 6) is 1.06. The van der Waals surface area contributed by atoms with Crippen molar-refractivity contribution in [3.05, 3.63) is 29.8 Å². The second-order valence-electron chi connectivity index (χ2n) is 7.55. The Morgan fingerprint density at radius 1 is 1.04 bits per heavy atom. The Bertz CT molecular complexity index is 567. The number of ether oxygens (including phenoxy) is 1. The van der Waals surface area contributed by atoms with Gasteiger partial charge in [0.1, 0.15) is 5.75 Å². The fraction of sp³-hybridized carbons (Fsp3) is 0.579. The minimum absolute atomic E-state index is 0.0124. The third kappa shape index (κ3) is 5.34. The molecule has 0 saturated carbocycles. The summed E-state index contributed by atoms with van der Waals surface area (Å²) in [5.41, 5.74) is 0.709. The summed E-state index contributed by atoms with van der Waals surface area (Å²) in [7, 11) is 1.61. The van der Waals surface area contributed by atoms with Gasteiger partial charge in [0.15, 0.2) is 5.78 Å². The van der Waals surface area contributed by atoms with Gasteiger partial charge < -0.3 is 9.64 Å². The highest BCUT2D eigenvalue weighted by Crippen LogP contribution is 2.20. The van der Waals surface area contributed by atoms with Gasteiger partial charge in [-0.25, -0.2) is 0 Å². The van der Waals surface area contributed by atoms with Crippen molar-refractivity contribution in [2.75, 3.05) is 39.8 Å². The van der Waals surface area contributed by atoms with E-state index in [0.29, 0.717) is 31.6 Å². The smallest absolute Gasteiger partial charge is 0.223 e. The third-order valence-electron chi connectivity index (χ3n) is 4.19. The highest BCUT2D eigenvalue weighted by molar-refractivity contribution is 5.97. The molecule has 5 nitrogen and oxygen atoms in total. The number of ketones is 1. The van der Waals surface area contributed by atoms with Gasteiger partial charge in [0.05, 0.1) is 13.7 Å². The quantitative estimate of drug-likeness (QED) is 0.777. The monoisotopic (exact) mass is 332 g/mol. The lowest BCUT2D eigenvalue weighted by molar-refractivity contribution is -0.134. The number of rotatable bonds is 5. The molecule has 2 rings (SSSR count). The van der Waals surface area contributed by atoms with E-state index in [-0.39, 0.29) is 17.1 Å². The Labute approximate surface area is 144 Å². The van der Waals surface area contributed by atoms with Gasteiger partial charge in [0, 0.05) is 38.2 Å². The van der Waals surface area contributed by atoms with Crippen LogP contribution in [-0.4, -0.2) is 61.3 Å².